The zero-order valence-electron chi connectivity index (χ0n) is 12.0. The normalized spacial score (nSPS) is 26.7. The second kappa shape index (κ2) is 5.18. The topological polar surface area (TPSA) is 29.5 Å². The first kappa shape index (κ1) is 13.9. The molecule has 1 aromatic carbocycles. The molecule has 1 aliphatic carbocycles. The largest absolute Gasteiger partial charge is 0.453 e. The van der Waals surface area contributed by atoms with Crippen LogP contribution in [0.25, 0.3) is 0 Å². The minimum atomic E-state index is -0.291. The first-order valence-corrected chi connectivity index (χ1v) is 8.26. The Morgan fingerprint density at radius 3 is 2.91 bits per heavy atom. The van der Waals surface area contributed by atoms with E-state index in [9.17, 15) is 9.18 Å². The fourth-order valence-corrected chi connectivity index (χ4v) is 3.89. The highest BCUT2D eigenvalue weighted by Crippen LogP contribution is 2.53. The Balaban J connectivity index is 1.38. The summed E-state index contributed by atoms with van der Waals surface area (Å²) in [5.41, 5.74) is 0.795. The molecule has 1 saturated carbocycles. The van der Waals surface area contributed by atoms with E-state index in [-0.39, 0.29) is 17.4 Å². The number of esters is 1. The van der Waals surface area contributed by atoms with Gasteiger partial charge in [-0.3, -0.25) is 4.90 Å². The molecule has 4 rings (SSSR count). The van der Waals surface area contributed by atoms with Crippen LogP contribution >= 0.6 is 11.3 Å². The Bertz CT molecular complexity index is 685. The lowest BCUT2D eigenvalue weighted by molar-refractivity contribution is 0.0195. The zero-order valence-corrected chi connectivity index (χ0v) is 12.8. The van der Waals surface area contributed by atoms with E-state index in [1.807, 2.05) is 23.6 Å². The summed E-state index contributed by atoms with van der Waals surface area (Å²) in [4.78, 5) is 15.1. The predicted octanol–water partition coefficient (Wildman–Crippen LogP) is 3.32. The van der Waals surface area contributed by atoms with Gasteiger partial charge >= 0.3 is 5.97 Å². The summed E-state index contributed by atoms with van der Waals surface area (Å²) in [5, 5.41) is 1.88. The monoisotopic (exact) mass is 317 g/mol. The fourth-order valence-electron chi connectivity index (χ4n) is 3.29. The second-order valence-corrected chi connectivity index (χ2v) is 7.08. The summed E-state index contributed by atoms with van der Waals surface area (Å²) in [7, 11) is 0. The number of hydrogen-bond acceptors (Lipinski definition) is 4. The lowest BCUT2D eigenvalue weighted by atomic mass is 10.2. The van der Waals surface area contributed by atoms with Crippen LogP contribution in [0.1, 0.15) is 21.7 Å². The van der Waals surface area contributed by atoms with E-state index in [4.69, 9.17) is 4.74 Å². The Kier molecular flexibility index (Phi) is 3.27. The molecule has 2 atom stereocenters. The molecule has 0 spiro atoms. The molecule has 114 valence electrons. The number of likely N-dealkylation sites (tertiary alicyclic amines) is 1. The molecule has 5 heteroatoms. The van der Waals surface area contributed by atoms with Crippen molar-refractivity contribution in [2.45, 2.75) is 18.6 Å². The highest BCUT2D eigenvalue weighted by molar-refractivity contribution is 7.11. The van der Waals surface area contributed by atoms with Crippen molar-refractivity contribution in [2.75, 3.05) is 13.1 Å². The van der Waals surface area contributed by atoms with Crippen molar-refractivity contribution >= 4 is 17.3 Å². The quantitative estimate of drug-likeness (QED) is 0.810. The van der Waals surface area contributed by atoms with Crippen LogP contribution in [0.3, 0.4) is 0 Å². The van der Waals surface area contributed by atoms with Gasteiger partial charge in [-0.05, 0) is 35.6 Å². The average molecular weight is 317 g/mol. The van der Waals surface area contributed by atoms with Gasteiger partial charge in [0.15, 0.2) is 0 Å². The predicted molar refractivity (Wildman–Crippen MR) is 82.2 cm³/mol. The summed E-state index contributed by atoms with van der Waals surface area (Å²) in [5.74, 6) is 0.0207. The Hall–Kier alpha value is -1.72. The average Bonchev–Trinajstić information content (AvgIpc) is 2.91. The van der Waals surface area contributed by atoms with Gasteiger partial charge in [-0.1, -0.05) is 18.2 Å². The number of thiophene rings is 1. The van der Waals surface area contributed by atoms with Crippen molar-refractivity contribution in [3.8, 4) is 0 Å². The Morgan fingerprint density at radius 2 is 2.18 bits per heavy atom. The van der Waals surface area contributed by atoms with Crippen molar-refractivity contribution in [3.63, 3.8) is 0 Å². The molecule has 1 saturated heterocycles. The molecule has 1 aromatic heterocycles. The van der Waals surface area contributed by atoms with Crippen LogP contribution in [0.2, 0.25) is 0 Å². The number of carbonyl (C=O) groups is 1. The number of halogens is 1. The van der Waals surface area contributed by atoms with Crippen molar-refractivity contribution in [3.05, 3.63) is 58.0 Å². The van der Waals surface area contributed by atoms with Crippen LogP contribution in [-0.4, -0.2) is 29.6 Å². The maximum absolute atomic E-state index is 12.9. The third-order valence-corrected chi connectivity index (χ3v) is 5.33. The summed E-state index contributed by atoms with van der Waals surface area (Å²) in [6, 6.07) is 10.2. The van der Waals surface area contributed by atoms with Gasteiger partial charge in [0, 0.05) is 25.6 Å². The van der Waals surface area contributed by atoms with Crippen molar-refractivity contribution in [1.82, 2.24) is 4.90 Å². The molecular formula is C17H16FNO2S. The van der Waals surface area contributed by atoms with Crippen LogP contribution < -0.4 is 0 Å². The first-order valence-electron chi connectivity index (χ1n) is 7.38. The van der Waals surface area contributed by atoms with E-state index in [1.54, 1.807) is 6.07 Å². The van der Waals surface area contributed by atoms with Gasteiger partial charge < -0.3 is 4.74 Å². The minimum absolute atomic E-state index is 0.207. The van der Waals surface area contributed by atoms with Crippen LogP contribution in [0.15, 0.2) is 41.8 Å². The molecule has 2 unspecified atom stereocenters. The smallest absolute Gasteiger partial charge is 0.348 e. The van der Waals surface area contributed by atoms with Gasteiger partial charge in [0.25, 0.3) is 0 Å². The van der Waals surface area contributed by atoms with E-state index in [1.165, 1.54) is 23.5 Å². The minimum Gasteiger partial charge on any atom is -0.453 e. The van der Waals surface area contributed by atoms with E-state index in [0.29, 0.717) is 10.8 Å². The van der Waals surface area contributed by atoms with Crippen molar-refractivity contribution in [1.29, 1.82) is 0 Å². The summed E-state index contributed by atoms with van der Waals surface area (Å²) in [6.45, 7) is 2.48. The molecule has 2 aromatic rings. The van der Waals surface area contributed by atoms with Crippen LogP contribution in [0, 0.1) is 11.7 Å². The van der Waals surface area contributed by atoms with E-state index in [2.05, 4.69) is 4.90 Å². The number of carbonyl (C=O) groups excluding carboxylic acids is 1. The summed E-state index contributed by atoms with van der Waals surface area (Å²) in [6.07, 6.45) is 0.962. The number of hydrogen-bond donors (Lipinski definition) is 0. The van der Waals surface area contributed by atoms with Gasteiger partial charge in [0.05, 0.1) is 0 Å². The first-order chi connectivity index (χ1) is 10.6. The van der Waals surface area contributed by atoms with E-state index >= 15 is 0 Å². The standard InChI is InChI=1S/C17H16FNO2S/c18-14-5-3-12(4-6-14)9-19-10-13-8-17(13,11-19)21-16(20)15-2-1-7-22-15/h1-7,13H,8-11H2. The maximum atomic E-state index is 12.9. The lowest BCUT2D eigenvalue weighted by Gasteiger charge is -2.20. The van der Waals surface area contributed by atoms with E-state index < -0.39 is 0 Å². The summed E-state index contributed by atoms with van der Waals surface area (Å²) < 4.78 is 18.7. The molecule has 2 heterocycles. The highest BCUT2D eigenvalue weighted by Gasteiger charge is 2.63. The number of ether oxygens (including phenoxy) is 1. The fraction of sp³-hybridized carbons (Fsp3) is 0.353. The highest BCUT2D eigenvalue weighted by atomic mass is 32.1. The van der Waals surface area contributed by atoms with Gasteiger partial charge in [-0.2, -0.15) is 0 Å². The number of piperidine rings is 1. The number of rotatable bonds is 4. The van der Waals surface area contributed by atoms with Gasteiger partial charge in [-0.15, -0.1) is 11.3 Å². The maximum Gasteiger partial charge on any atom is 0.348 e. The van der Waals surface area contributed by atoms with E-state index in [0.717, 1.165) is 31.6 Å². The Morgan fingerprint density at radius 1 is 1.36 bits per heavy atom. The number of benzene rings is 1. The molecule has 0 bridgehead atoms. The third-order valence-electron chi connectivity index (χ3n) is 4.48. The molecule has 0 radical (unpaired) electrons. The van der Waals surface area contributed by atoms with Crippen molar-refractivity contribution in [2.24, 2.45) is 5.92 Å². The van der Waals surface area contributed by atoms with Crippen LogP contribution in [-0.2, 0) is 11.3 Å². The van der Waals surface area contributed by atoms with Crippen LogP contribution in [0.4, 0.5) is 4.39 Å². The molecule has 2 fully saturated rings. The lowest BCUT2D eigenvalue weighted by Crippen LogP contribution is -2.30. The third kappa shape index (κ3) is 2.55. The molecule has 2 aliphatic rings. The zero-order chi connectivity index (χ0) is 15.2. The molecular weight excluding hydrogens is 301 g/mol. The van der Waals surface area contributed by atoms with Gasteiger partial charge in [0.1, 0.15) is 16.3 Å². The Labute approximate surface area is 132 Å². The number of fused-ring (bicyclic) bond motifs is 1. The SMILES string of the molecule is O=C(OC12CC1CN(Cc1ccc(F)cc1)C2)c1cccs1. The molecule has 3 nitrogen and oxygen atoms in total. The van der Waals surface area contributed by atoms with Crippen molar-refractivity contribution < 1.29 is 13.9 Å². The number of nitrogens with zero attached hydrogens (tertiary/aromatic N) is 1. The van der Waals surface area contributed by atoms with Crippen LogP contribution in [0.5, 0.6) is 0 Å². The van der Waals surface area contributed by atoms with Gasteiger partial charge in [0.2, 0.25) is 0 Å². The molecule has 0 amide bonds. The molecule has 0 N–H and O–H groups in total. The summed E-state index contributed by atoms with van der Waals surface area (Å²) >= 11 is 1.41. The van der Waals surface area contributed by atoms with Gasteiger partial charge in [-0.25, -0.2) is 9.18 Å². The second-order valence-electron chi connectivity index (χ2n) is 6.13. The molecule has 1 aliphatic heterocycles. The molecule has 22 heavy (non-hydrogen) atoms.